The predicted octanol–water partition coefficient (Wildman–Crippen LogP) is 1.71. The van der Waals surface area contributed by atoms with Crippen LogP contribution in [0, 0.1) is 0 Å². The maximum atomic E-state index is 10.8. The third-order valence-corrected chi connectivity index (χ3v) is 2.03. The molecule has 1 aromatic carbocycles. The quantitative estimate of drug-likeness (QED) is 0.808. The minimum Gasteiger partial charge on any atom is -0.480 e. The van der Waals surface area contributed by atoms with Crippen LogP contribution in [-0.4, -0.2) is 23.7 Å². The number of carboxylic acids is 1. The molecule has 0 aliphatic carbocycles. The lowest BCUT2D eigenvalue weighted by atomic mass is 10.1. The van der Waals surface area contributed by atoms with E-state index >= 15 is 0 Å². The van der Waals surface area contributed by atoms with Crippen LogP contribution in [0.5, 0.6) is 0 Å². The summed E-state index contributed by atoms with van der Waals surface area (Å²) in [4.78, 5) is 10.8. The number of carboxylic acid groups (broad SMARTS) is 1. The summed E-state index contributed by atoms with van der Waals surface area (Å²) in [6.45, 7) is 2.57. The fraction of sp³-hybridized carbons (Fsp3) is 0.364. The number of likely N-dealkylation sites (N-methyl/N-ethyl adjacent to an activating group) is 1. The third-order valence-electron chi connectivity index (χ3n) is 2.03. The van der Waals surface area contributed by atoms with E-state index < -0.39 is 12.0 Å². The fourth-order valence-corrected chi connectivity index (χ4v) is 1.34. The van der Waals surface area contributed by atoms with Crippen molar-refractivity contribution in [2.75, 3.05) is 6.54 Å². The molecular formula is C11H16ClNO2. The lowest BCUT2D eigenvalue weighted by Gasteiger charge is -2.12. The van der Waals surface area contributed by atoms with Crippen molar-refractivity contribution in [2.24, 2.45) is 0 Å². The summed E-state index contributed by atoms with van der Waals surface area (Å²) in [6.07, 6.45) is 0.532. The number of carbonyl (C=O) groups is 1. The van der Waals surface area contributed by atoms with Gasteiger partial charge in [-0.05, 0) is 18.5 Å². The molecule has 1 atom stereocenters. The van der Waals surface area contributed by atoms with Crippen molar-refractivity contribution >= 4 is 18.4 Å². The standard InChI is InChI=1S/C11H15NO2.ClH/c1-2-12-10(11(13)14)8-9-6-4-3-5-7-9;/h3-7,10,12H,2,8H2,1H3,(H,13,14);1H/t10-;/m0./s1. The van der Waals surface area contributed by atoms with Gasteiger partial charge < -0.3 is 10.4 Å². The van der Waals surface area contributed by atoms with Gasteiger partial charge in [0.15, 0.2) is 0 Å². The first-order chi connectivity index (χ1) is 6.74. The molecule has 3 nitrogen and oxygen atoms in total. The number of rotatable bonds is 5. The van der Waals surface area contributed by atoms with Crippen LogP contribution in [0.1, 0.15) is 12.5 Å². The van der Waals surface area contributed by atoms with Gasteiger partial charge in [0.1, 0.15) is 6.04 Å². The Morgan fingerprint density at radius 2 is 2.00 bits per heavy atom. The van der Waals surface area contributed by atoms with Gasteiger partial charge in [0.05, 0.1) is 0 Å². The Morgan fingerprint density at radius 3 is 2.47 bits per heavy atom. The molecule has 0 saturated heterocycles. The van der Waals surface area contributed by atoms with Crippen LogP contribution in [0.2, 0.25) is 0 Å². The van der Waals surface area contributed by atoms with E-state index in [1.54, 1.807) is 0 Å². The van der Waals surface area contributed by atoms with E-state index in [4.69, 9.17) is 5.11 Å². The highest BCUT2D eigenvalue weighted by atomic mass is 35.5. The highest BCUT2D eigenvalue weighted by Crippen LogP contribution is 2.03. The van der Waals surface area contributed by atoms with Gasteiger partial charge in [0.25, 0.3) is 0 Å². The number of hydrogen-bond acceptors (Lipinski definition) is 2. The van der Waals surface area contributed by atoms with Crippen molar-refractivity contribution in [1.82, 2.24) is 5.32 Å². The maximum absolute atomic E-state index is 10.8. The highest BCUT2D eigenvalue weighted by Gasteiger charge is 2.15. The Hall–Kier alpha value is -1.06. The molecule has 0 fully saturated rings. The van der Waals surface area contributed by atoms with Crippen molar-refractivity contribution in [1.29, 1.82) is 0 Å². The summed E-state index contributed by atoms with van der Waals surface area (Å²) in [7, 11) is 0. The molecule has 2 N–H and O–H groups in total. The average Bonchev–Trinajstić information content (AvgIpc) is 2.18. The topological polar surface area (TPSA) is 49.3 Å². The van der Waals surface area contributed by atoms with E-state index in [0.29, 0.717) is 13.0 Å². The minimum absolute atomic E-state index is 0. The second-order valence-electron chi connectivity index (χ2n) is 3.14. The lowest BCUT2D eigenvalue weighted by Crippen LogP contribution is -2.38. The highest BCUT2D eigenvalue weighted by molar-refractivity contribution is 5.85. The van der Waals surface area contributed by atoms with Gasteiger partial charge in [0.2, 0.25) is 0 Å². The molecule has 0 aliphatic rings. The predicted molar refractivity (Wildman–Crippen MR) is 62.5 cm³/mol. The molecule has 0 spiro atoms. The Morgan fingerprint density at radius 1 is 1.40 bits per heavy atom. The summed E-state index contributed by atoms with van der Waals surface area (Å²) in [6, 6.07) is 9.15. The number of nitrogens with one attached hydrogen (secondary N) is 1. The average molecular weight is 230 g/mol. The Labute approximate surface area is 95.9 Å². The largest absolute Gasteiger partial charge is 0.480 e. The summed E-state index contributed by atoms with van der Waals surface area (Å²) in [5, 5.41) is 11.8. The van der Waals surface area contributed by atoms with Crippen molar-refractivity contribution in [2.45, 2.75) is 19.4 Å². The molecule has 4 heteroatoms. The van der Waals surface area contributed by atoms with Crippen molar-refractivity contribution < 1.29 is 9.90 Å². The lowest BCUT2D eigenvalue weighted by molar-refractivity contribution is -0.139. The van der Waals surface area contributed by atoms with Gasteiger partial charge in [-0.15, -0.1) is 12.4 Å². The SMILES string of the molecule is CCN[C@@H](Cc1ccccc1)C(=O)O.Cl. The molecule has 0 saturated carbocycles. The van der Waals surface area contributed by atoms with Gasteiger partial charge in [-0.1, -0.05) is 37.3 Å². The van der Waals surface area contributed by atoms with E-state index in [-0.39, 0.29) is 12.4 Å². The van der Waals surface area contributed by atoms with Crippen LogP contribution in [0.4, 0.5) is 0 Å². The van der Waals surface area contributed by atoms with Crippen LogP contribution in [0.25, 0.3) is 0 Å². The molecule has 1 aromatic rings. The zero-order chi connectivity index (χ0) is 10.4. The molecule has 84 valence electrons. The number of halogens is 1. The third kappa shape index (κ3) is 4.81. The molecular weight excluding hydrogens is 214 g/mol. The van der Waals surface area contributed by atoms with E-state index in [1.807, 2.05) is 37.3 Å². The molecule has 0 heterocycles. The van der Waals surface area contributed by atoms with Gasteiger partial charge in [0, 0.05) is 0 Å². The smallest absolute Gasteiger partial charge is 0.321 e. The van der Waals surface area contributed by atoms with E-state index in [9.17, 15) is 4.79 Å². The summed E-state index contributed by atoms with van der Waals surface area (Å²) < 4.78 is 0. The number of aliphatic carboxylic acids is 1. The zero-order valence-electron chi connectivity index (χ0n) is 8.64. The molecule has 0 unspecified atom stereocenters. The Bertz CT molecular complexity index is 290. The van der Waals surface area contributed by atoms with Gasteiger partial charge in [-0.2, -0.15) is 0 Å². The number of benzene rings is 1. The molecule has 15 heavy (non-hydrogen) atoms. The second kappa shape index (κ2) is 7.26. The second-order valence-corrected chi connectivity index (χ2v) is 3.14. The first-order valence-corrected chi connectivity index (χ1v) is 4.74. The molecule has 0 radical (unpaired) electrons. The molecule has 0 aromatic heterocycles. The number of hydrogen-bond donors (Lipinski definition) is 2. The maximum Gasteiger partial charge on any atom is 0.321 e. The van der Waals surface area contributed by atoms with E-state index in [2.05, 4.69) is 5.32 Å². The van der Waals surface area contributed by atoms with Gasteiger partial charge in [-0.3, -0.25) is 4.79 Å². The van der Waals surface area contributed by atoms with Crippen molar-refractivity contribution in [3.8, 4) is 0 Å². The van der Waals surface area contributed by atoms with Crippen molar-refractivity contribution in [3.63, 3.8) is 0 Å². The summed E-state index contributed by atoms with van der Waals surface area (Å²) in [5.74, 6) is -0.796. The van der Waals surface area contributed by atoms with Crippen LogP contribution < -0.4 is 5.32 Å². The van der Waals surface area contributed by atoms with Crippen LogP contribution in [0.3, 0.4) is 0 Å². The molecule has 0 bridgehead atoms. The van der Waals surface area contributed by atoms with E-state index in [0.717, 1.165) is 5.56 Å². The van der Waals surface area contributed by atoms with Gasteiger partial charge in [-0.25, -0.2) is 0 Å². The summed E-state index contributed by atoms with van der Waals surface area (Å²) >= 11 is 0. The normalized spacial score (nSPS) is 11.5. The first-order valence-electron chi connectivity index (χ1n) is 4.74. The fourth-order valence-electron chi connectivity index (χ4n) is 1.34. The summed E-state index contributed by atoms with van der Waals surface area (Å²) in [5.41, 5.74) is 1.04. The Kier molecular flexibility index (Phi) is 6.75. The van der Waals surface area contributed by atoms with Crippen LogP contribution >= 0.6 is 12.4 Å². The Balaban J connectivity index is 0.00000196. The first kappa shape index (κ1) is 13.9. The molecule has 0 aliphatic heterocycles. The zero-order valence-corrected chi connectivity index (χ0v) is 9.46. The monoisotopic (exact) mass is 229 g/mol. The van der Waals surface area contributed by atoms with Crippen LogP contribution in [0.15, 0.2) is 30.3 Å². The molecule has 0 amide bonds. The van der Waals surface area contributed by atoms with Crippen LogP contribution in [-0.2, 0) is 11.2 Å². The van der Waals surface area contributed by atoms with Gasteiger partial charge >= 0.3 is 5.97 Å². The van der Waals surface area contributed by atoms with E-state index in [1.165, 1.54) is 0 Å². The minimum atomic E-state index is -0.796. The van der Waals surface area contributed by atoms with Crippen molar-refractivity contribution in [3.05, 3.63) is 35.9 Å². The molecule has 1 rings (SSSR count).